The molecule has 0 radical (unpaired) electrons. The molecule has 0 spiro atoms. The molecule has 0 aliphatic carbocycles. The van der Waals surface area contributed by atoms with Gasteiger partial charge in [0.05, 0.1) is 5.70 Å². The highest BCUT2D eigenvalue weighted by molar-refractivity contribution is 5.71. The van der Waals surface area contributed by atoms with Crippen molar-refractivity contribution in [2.75, 3.05) is 0 Å². The van der Waals surface area contributed by atoms with Crippen LogP contribution in [0, 0.1) is 0 Å². The van der Waals surface area contributed by atoms with Crippen molar-refractivity contribution >= 4 is 12.8 Å². The molecule has 4 heteroatoms. The van der Waals surface area contributed by atoms with Crippen LogP contribution >= 0.6 is 0 Å². The average molecular weight is 210 g/mol. The lowest BCUT2D eigenvalue weighted by Gasteiger charge is -2.20. The molecular formula is C11H18N2O2. The van der Waals surface area contributed by atoms with E-state index in [2.05, 4.69) is 23.6 Å². The second-order valence-corrected chi connectivity index (χ2v) is 4.13. The zero-order valence-corrected chi connectivity index (χ0v) is 9.76. The summed E-state index contributed by atoms with van der Waals surface area (Å²) in [4.78, 5) is 14.9. The SMILES string of the molecule is C=N/C=C(/NC(=O)OC(C)(C)C)C(=C)C. The van der Waals surface area contributed by atoms with Crippen molar-refractivity contribution in [2.24, 2.45) is 4.99 Å². The number of rotatable bonds is 3. The van der Waals surface area contributed by atoms with Gasteiger partial charge >= 0.3 is 6.09 Å². The number of hydrogen-bond donors (Lipinski definition) is 1. The summed E-state index contributed by atoms with van der Waals surface area (Å²) in [6.07, 6.45) is 0.895. The third-order valence-electron chi connectivity index (χ3n) is 1.32. The van der Waals surface area contributed by atoms with Gasteiger partial charge in [-0.25, -0.2) is 4.79 Å². The monoisotopic (exact) mass is 210 g/mol. The maximum absolute atomic E-state index is 11.4. The molecule has 0 aromatic carbocycles. The fourth-order valence-electron chi connectivity index (χ4n) is 0.754. The molecule has 0 aromatic rings. The smallest absolute Gasteiger partial charge is 0.412 e. The Labute approximate surface area is 90.7 Å². The standard InChI is InChI=1S/C11H18N2O2/c1-8(2)9(7-12-6)13-10(14)15-11(3,4)5/h7H,1,6H2,2-5H3,(H,13,14)/b9-7+. The van der Waals surface area contributed by atoms with Crippen molar-refractivity contribution in [1.29, 1.82) is 0 Å². The van der Waals surface area contributed by atoms with E-state index in [-0.39, 0.29) is 0 Å². The first-order chi connectivity index (χ1) is 6.76. The van der Waals surface area contributed by atoms with Gasteiger partial charge in [-0.2, -0.15) is 0 Å². The van der Waals surface area contributed by atoms with Crippen molar-refractivity contribution in [3.63, 3.8) is 0 Å². The lowest BCUT2D eigenvalue weighted by Crippen LogP contribution is -2.32. The Morgan fingerprint density at radius 3 is 2.33 bits per heavy atom. The maximum Gasteiger partial charge on any atom is 0.412 e. The Hall–Kier alpha value is -1.58. The maximum atomic E-state index is 11.4. The molecule has 0 unspecified atom stereocenters. The second kappa shape index (κ2) is 5.34. The first kappa shape index (κ1) is 13.4. The third-order valence-corrected chi connectivity index (χ3v) is 1.32. The van der Waals surface area contributed by atoms with E-state index in [1.54, 1.807) is 27.7 Å². The normalized spacial score (nSPS) is 11.9. The van der Waals surface area contributed by atoms with Crippen LogP contribution in [-0.2, 0) is 4.74 Å². The van der Waals surface area contributed by atoms with E-state index < -0.39 is 11.7 Å². The van der Waals surface area contributed by atoms with Gasteiger partial charge in [0.1, 0.15) is 5.60 Å². The van der Waals surface area contributed by atoms with Gasteiger partial charge < -0.3 is 4.74 Å². The van der Waals surface area contributed by atoms with E-state index in [0.717, 1.165) is 0 Å². The van der Waals surface area contributed by atoms with Gasteiger partial charge in [0.2, 0.25) is 0 Å². The van der Waals surface area contributed by atoms with E-state index in [9.17, 15) is 4.79 Å². The average Bonchev–Trinajstić information content (AvgIpc) is 1.99. The van der Waals surface area contributed by atoms with Gasteiger partial charge in [-0.15, -0.1) is 0 Å². The number of ether oxygens (including phenoxy) is 1. The van der Waals surface area contributed by atoms with Crippen LogP contribution in [-0.4, -0.2) is 18.4 Å². The molecule has 0 aliphatic heterocycles. The largest absolute Gasteiger partial charge is 0.444 e. The minimum Gasteiger partial charge on any atom is -0.444 e. The van der Waals surface area contributed by atoms with Crippen LogP contribution in [0.15, 0.2) is 29.0 Å². The molecule has 1 N–H and O–H groups in total. The molecule has 0 aromatic heterocycles. The number of allylic oxidation sites excluding steroid dienone is 1. The summed E-state index contributed by atoms with van der Waals surface area (Å²) in [5.74, 6) is 0. The number of aliphatic imine (C=N–C) groups is 1. The van der Waals surface area contributed by atoms with Gasteiger partial charge in [0.15, 0.2) is 0 Å². The molecule has 0 saturated heterocycles. The second-order valence-electron chi connectivity index (χ2n) is 4.13. The Kier molecular flexibility index (Phi) is 4.78. The van der Waals surface area contributed by atoms with Gasteiger partial charge in [-0.05, 0) is 40.0 Å². The number of amides is 1. The summed E-state index contributed by atoms with van der Waals surface area (Å²) in [7, 11) is 0. The van der Waals surface area contributed by atoms with Crippen LogP contribution in [0.2, 0.25) is 0 Å². The lowest BCUT2D eigenvalue weighted by molar-refractivity contribution is 0.0547. The quantitative estimate of drug-likeness (QED) is 0.575. The minimum absolute atomic E-state index is 0.499. The molecule has 0 bridgehead atoms. The van der Waals surface area contributed by atoms with E-state index in [4.69, 9.17) is 4.74 Å². The third kappa shape index (κ3) is 6.49. The highest BCUT2D eigenvalue weighted by Crippen LogP contribution is 2.09. The van der Waals surface area contributed by atoms with E-state index in [1.165, 1.54) is 6.20 Å². The predicted molar refractivity (Wildman–Crippen MR) is 61.8 cm³/mol. The fraction of sp³-hybridized carbons (Fsp3) is 0.455. The summed E-state index contributed by atoms with van der Waals surface area (Å²) < 4.78 is 5.07. The zero-order chi connectivity index (χ0) is 12.1. The first-order valence-corrected chi connectivity index (χ1v) is 4.58. The number of carbonyl (C=O) groups excluding carboxylic acids is 1. The highest BCUT2D eigenvalue weighted by atomic mass is 16.6. The molecule has 0 saturated carbocycles. The van der Waals surface area contributed by atoms with Gasteiger partial charge in [0.25, 0.3) is 0 Å². The van der Waals surface area contributed by atoms with E-state index in [1.807, 2.05) is 0 Å². The molecule has 15 heavy (non-hydrogen) atoms. The topological polar surface area (TPSA) is 50.7 Å². The molecule has 0 fully saturated rings. The number of hydrogen-bond acceptors (Lipinski definition) is 3. The van der Waals surface area contributed by atoms with Crippen molar-refractivity contribution in [3.05, 3.63) is 24.0 Å². The molecule has 0 rings (SSSR count). The van der Waals surface area contributed by atoms with Crippen molar-refractivity contribution in [2.45, 2.75) is 33.3 Å². The molecule has 0 aliphatic rings. The molecule has 84 valence electrons. The lowest BCUT2D eigenvalue weighted by atomic mass is 10.2. The number of nitrogens with one attached hydrogen (secondary N) is 1. The number of nitrogens with zero attached hydrogens (tertiary/aromatic N) is 1. The van der Waals surface area contributed by atoms with Crippen LogP contribution in [0.4, 0.5) is 4.79 Å². The van der Waals surface area contributed by atoms with Crippen molar-refractivity contribution in [3.8, 4) is 0 Å². The van der Waals surface area contributed by atoms with E-state index in [0.29, 0.717) is 11.3 Å². The summed E-state index contributed by atoms with van der Waals surface area (Å²) in [6.45, 7) is 14.1. The number of alkyl carbamates (subject to hydrolysis) is 1. The predicted octanol–water partition coefficient (Wildman–Crippen LogP) is 2.63. The Morgan fingerprint density at radius 2 is 2.00 bits per heavy atom. The van der Waals surface area contributed by atoms with Gasteiger partial charge in [0, 0.05) is 6.20 Å². The summed E-state index contributed by atoms with van der Waals surface area (Å²) in [5.41, 5.74) is 0.666. The summed E-state index contributed by atoms with van der Waals surface area (Å²) in [6, 6.07) is 0. The van der Waals surface area contributed by atoms with Crippen LogP contribution in [0.25, 0.3) is 0 Å². The first-order valence-electron chi connectivity index (χ1n) is 4.58. The van der Waals surface area contributed by atoms with Gasteiger partial charge in [-0.1, -0.05) is 6.58 Å². The van der Waals surface area contributed by atoms with E-state index >= 15 is 0 Å². The summed E-state index contributed by atoms with van der Waals surface area (Å²) in [5, 5.41) is 2.54. The molecular weight excluding hydrogens is 192 g/mol. The molecule has 0 atom stereocenters. The van der Waals surface area contributed by atoms with Crippen LogP contribution in [0.5, 0.6) is 0 Å². The zero-order valence-electron chi connectivity index (χ0n) is 9.76. The van der Waals surface area contributed by atoms with Crippen molar-refractivity contribution < 1.29 is 9.53 Å². The molecule has 4 nitrogen and oxygen atoms in total. The van der Waals surface area contributed by atoms with Crippen molar-refractivity contribution in [1.82, 2.24) is 5.32 Å². The van der Waals surface area contributed by atoms with Crippen LogP contribution in [0.1, 0.15) is 27.7 Å². The van der Waals surface area contributed by atoms with Crippen LogP contribution < -0.4 is 5.32 Å². The summed E-state index contributed by atoms with van der Waals surface area (Å²) >= 11 is 0. The highest BCUT2D eigenvalue weighted by Gasteiger charge is 2.16. The molecule has 0 heterocycles. The Morgan fingerprint density at radius 1 is 1.47 bits per heavy atom. The van der Waals surface area contributed by atoms with Gasteiger partial charge in [-0.3, -0.25) is 10.3 Å². The minimum atomic E-state index is -0.527. The molecule has 1 amide bonds. The van der Waals surface area contributed by atoms with Crippen LogP contribution in [0.3, 0.4) is 0 Å². The Balaban J connectivity index is 4.44. The fourth-order valence-corrected chi connectivity index (χ4v) is 0.754. The Bertz CT molecular complexity index is 298. The number of carbonyl (C=O) groups is 1.